The van der Waals surface area contributed by atoms with Gasteiger partial charge in [-0.3, -0.25) is 4.79 Å². The van der Waals surface area contributed by atoms with Crippen molar-refractivity contribution in [1.29, 1.82) is 0 Å². The average molecular weight is 439 g/mol. The molecule has 0 aliphatic carbocycles. The number of carbonyl (C=O) groups excluding carboxylic acids is 1. The van der Waals surface area contributed by atoms with E-state index < -0.39 is 0 Å². The summed E-state index contributed by atoms with van der Waals surface area (Å²) in [5, 5.41) is 8.36. The second-order valence-corrected chi connectivity index (χ2v) is 8.07. The zero-order valence-electron chi connectivity index (χ0n) is 17.7. The lowest BCUT2D eigenvalue weighted by atomic mass is 10.1. The lowest BCUT2D eigenvalue weighted by Gasteiger charge is -2.26. The van der Waals surface area contributed by atoms with Crippen LogP contribution >= 0.6 is 11.6 Å². The Kier molecular flexibility index (Phi) is 6.89. The van der Waals surface area contributed by atoms with Crippen LogP contribution in [0.5, 0.6) is 5.75 Å². The molecule has 0 bridgehead atoms. The molecule has 7 heteroatoms. The van der Waals surface area contributed by atoms with Gasteiger partial charge in [0.2, 0.25) is 0 Å². The highest BCUT2D eigenvalue weighted by atomic mass is 35.5. The number of ether oxygens (including phenoxy) is 1. The molecule has 2 heterocycles. The molecule has 1 fully saturated rings. The van der Waals surface area contributed by atoms with E-state index in [4.69, 9.17) is 21.4 Å². The Labute approximate surface area is 187 Å². The molecule has 0 radical (unpaired) electrons. The summed E-state index contributed by atoms with van der Waals surface area (Å²) in [5.41, 5.74) is 2.69. The van der Waals surface area contributed by atoms with Gasteiger partial charge >= 0.3 is 0 Å². The van der Waals surface area contributed by atoms with Crippen LogP contribution in [0.4, 0.5) is 0 Å². The molecule has 1 N–H and O–H groups in total. The topological polar surface area (TPSA) is 59.4 Å². The molecule has 3 aromatic rings. The Bertz CT molecular complexity index is 1030. The summed E-state index contributed by atoms with van der Waals surface area (Å²) in [6.07, 6.45) is 3.77. The number of nitrogens with zero attached hydrogens (tertiary/aromatic N) is 3. The monoisotopic (exact) mass is 438 g/mol. The molecule has 0 spiro atoms. The molecule has 1 aromatic heterocycles. The van der Waals surface area contributed by atoms with Crippen LogP contribution in [0.25, 0.3) is 16.9 Å². The third kappa shape index (κ3) is 5.09. The van der Waals surface area contributed by atoms with E-state index in [-0.39, 0.29) is 5.91 Å². The first-order valence-electron chi connectivity index (χ1n) is 10.7. The largest absolute Gasteiger partial charge is 0.497 e. The van der Waals surface area contributed by atoms with Crippen LogP contribution in [-0.2, 0) is 0 Å². The van der Waals surface area contributed by atoms with E-state index in [0.717, 1.165) is 36.6 Å². The minimum atomic E-state index is -0.154. The quantitative estimate of drug-likeness (QED) is 0.593. The Morgan fingerprint density at radius 3 is 2.55 bits per heavy atom. The van der Waals surface area contributed by atoms with Crippen molar-refractivity contribution in [1.82, 2.24) is 20.0 Å². The molecule has 6 nitrogen and oxygen atoms in total. The molecule has 4 rings (SSSR count). The molecule has 1 aliphatic rings. The molecule has 2 aromatic carbocycles. The maximum atomic E-state index is 13.1. The first-order chi connectivity index (χ1) is 15.2. The standard InChI is InChI=1S/C24H27ClN4O2/c1-31-19-11-9-18(10-12-19)29-23(17-22(27-29)20-7-3-4-8-21(20)25)24(30)26-13-16-28-14-5-2-6-15-28/h3-4,7-12,17H,2,5-6,13-16H2,1H3,(H,26,30). The summed E-state index contributed by atoms with van der Waals surface area (Å²) in [7, 11) is 1.62. The Balaban J connectivity index is 1.59. The number of amides is 1. The van der Waals surface area contributed by atoms with Gasteiger partial charge in [-0.1, -0.05) is 36.2 Å². The van der Waals surface area contributed by atoms with Gasteiger partial charge in [0.15, 0.2) is 0 Å². The maximum Gasteiger partial charge on any atom is 0.270 e. The summed E-state index contributed by atoms with van der Waals surface area (Å²) in [6.45, 7) is 3.68. The Hall–Kier alpha value is -2.83. The lowest BCUT2D eigenvalue weighted by Crippen LogP contribution is -2.38. The van der Waals surface area contributed by atoms with E-state index in [0.29, 0.717) is 23.0 Å². The zero-order valence-corrected chi connectivity index (χ0v) is 18.4. The molecule has 0 atom stereocenters. The number of nitrogens with one attached hydrogen (secondary N) is 1. The highest BCUT2D eigenvalue weighted by molar-refractivity contribution is 6.33. The molecule has 31 heavy (non-hydrogen) atoms. The molecular weight excluding hydrogens is 412 g/mol. The van der Waals surface area contributed by atoms with Crippen LogP contribution in [0, 0.1) is 0 Å². The van der Waals surface area contributed by atoms with Crippen molar-refractivity contribution in [2.75, 3.05) is 33.3 Å². The van der Waals surface area contributed by atoms with Crippen LogP contribution in [0.15, 0.2) is 54.6 Å². The molecule has 1 amide bonds. The predicted molar refractivity (Wildman–Crippen MR) is 123 cm³/mol. The number of likely N-dealkylation sites (tertiary alicyclic amines) is 1. The first-order valence-corrected chi connectivity index (χ1v) is 11.0. The van der Waals surface area contributed by atoms with E-state index in [2.05, 4.69) is 10.2 Å². The van der Waals surface area contributed by atoms with E-state index in [1.807, 2.05) is 48.5 Å². The summed E-state index contributed by atoms with van der Waals surface area (Å²) in [5.74, 6) is 0.591. The lowest BCUT2D eigenvalue weighted by molar-refractivity contribution is 0.0939. The van der Waals surface area contributed by atoms with Crippen molar-refractivity contribution >= 4 is 17.5 Å². The van der Waals surface area contributed by atoms with Gasteiger partial charge in [-0.25, -0.2) is 4.68 Å². The van der Waals surface area contributed by atoms with Gasteiger partial charge in [0.05, 0.1) is 23.5 Å². The number of methoxy groups -OCH3 is 1. The minimum absolute atomic E-state index is 0.154. The smallest absolute Gasteiger partial charge is 0.270 e. The van der Waals surface area contributed by atoms with E-state index in [1.54, 1.807) is 17.9 Å². The van der Waals surface area contributed by atoms with E-state index in [1.165, 1.54) is 19.3 Å². The van der Waals surface area contributed by atoms with Crippen molar-refractivity contribution in [3.05, 3.63) is 65.3 Å². The van der Waals surface area contributed by atoms with Crippen LogP contribution in [0.2, 0.25) is 5.02 Å². The third-order valence-corrected chi connectivity index (χ3v) is 5.90. The number of aromatic nitrogens is 2. The van der Waals surface area contributed by atoms with Gasteiger partial charge in [-0.2, -0.15) is 5.10 Å². The van der Waals surface area contributed by atoms with Crippen LogP contribution < -0.4 is 10.1 Å². The average Bonchev–Trinajstić information content (AvgIpc) is 3.25. The fourth-order valence-electron chi connectivity index (χ4n) is 3.86. The molecule has 0 saturated carbocycles. The molecular formula is C24H27ClN4O2. The summed E-state index contributed by atoms with van der Waals surface area (Å²) >= 11 is 6.38. The van der Waals surface area contributed by atoms with Crippen LogP contribution in [0.1, 0.15) is 29.8 Å². The minimum Gasteiger partial charge on any atom is -0.497 e. The van der Waals surface area contributed by atoms with Gasteiger partial charge in [-0.15, -0.1) is 0 Å². The predicted octanol–water partition coefficient (Wildman–Crippen LogP) is 4.42. The first kappa shape index (κ1) is 21.4. The van der Waals surface area contributed by atoms with Crippen molar-refractivity contribution in [2.24, 2.45) is 0 Å². The summed E-state index contributed by atoms with van der Waals surface area (Å²) in [6, 6.07) is 16.8. The number of rotatable bonds is 7. The molecule has 1 saturated heterocycles. The van der Waals surface area contributed by atoms with Gasteiger partial charge in [0.1, 0.15) is 11.4 Å². The second-order valence-electron chi connectivity index (χ2n) is 7.66. The number of piperidine rings is 1. The van der Waals surface area contributed by atoms with Crippen molar-refractivity contribution < 1.29 is 9.53 Å². The van der Waals surface area contributed by atoms with Crippen molar-refractivity contribution in [3.63, 3.8) is 0 Å². The molecule has 162 valence electrons. The third-order valence-electron chi connectivity index (χ3n) is 5.57. The fraction of sp³-hybridized carbons (Fsp3) is 0.333. The number of halogens is 1. The summed E-state index contributed by atoms with van der Waals surface area (Å²) < 4.78 is 6.91. The maximum absolute atomic E-state index is 13.1. The Morgan fingerprint density at radius 1 is 1.10 bits per heavy atom. The zero-order chi connectivity index (χ0) is 21.6. The number of carbonyl (C=O) groups is 1. The highest BCUT2D eigenvalue weighted by Crippen LogP contribution is 2.28. The second kappa shape index (κ2) is 9.98. The van der Waals surface area contributed by atoms with Crippen LogP contribution in [-0.4, -0.2) is 53.9 Å². The SMILES string of the molecule is COc1ccc(-n2nc(-c3ccccc3Cl)cc2C(=O)NCCN2CCCCC2)cc1. The Morgan fingerprint density at radius 2 is 1.84 bits per heavy atom. The number of benzene rings is 2. The van der Waals surface area contributed by atoms with Crippen molar-refractivity contribution in [2.45, 2.75) is 19.3 Å². The van der Waals surface area contributed by atoms with Crippen LogP contribution in [0.3, 0.4) is 0 Å². The van der Waals surface area contributed by atoms with Gasteiger partial charge < -0.3 is 15.0 Å². The summed E-state index contributed by atoms with van der Waals surface area (Å²) in [4.78, 5) is 15.5. The normalized spacial score (nSPS) is 14.4. The molecule has 1 aliphatic heterocycles. The fourth-order valence-corrected chi connectivity index (χ4v) is 4.10. The molecule has 0 unspecified atom stereocenters. The van der Waals surface area contributed by atoms with Gasteiger partial charge in [0.25, 0.3) is 5.91 Å². The number of hydrogen-bond acceptors (Lipinski definition) is 4. The van der Waals surface area contributed by atoms with E-state index in [9.17, 15) is 4.79 Å². The highest BCUT2D eigenvalue weighted by Gasteiger charge is 2.19. The van der Waals surface area contributed by atoms with Crippen molar-refractivity contribution in [3.8, 4) is 22.7 Å². The number of hydrogen-bond donors (Lipinski definition) is 1. The van der Waals surface area contributed by atoms with Gasteiger partial charge in [0, 0.05) is 18.7 Å². The van der Waals surface area contributed by atoms with Gasteiger partial charge in [-0.05, 0) is 62.3 Å². The van der Waals surface area contributed by atoms with E-state index >= 15 is 0 Å².